The highest BCUT2D eigenvalue weighted by Crippen LogP contribution is 2.14. The number of imidazole rings is 1. The molecule has 8 heteroatoms. The van der Waals surface area contributed by atoms with E-state index in [1.807, 2.05) is 0 Å². The summed E-state index contributed by atoms with van der Waals surface area (Å²) in [5.74, 6) is 7.16. The third-order valence-electron chi connectivity index (χ3n) is 3.05. The largest absolute Gasteiger partial charge is 0.351 e. The van der Waals surface area contributed by atoms with E-state index in [-0.39, 0.29) is 0 Å². The van der Waals surface area contributed by atoms with Crippen molar-refractivity contribution >= 4 is 11.9 Å². The summed E-state index contributed by atoms with van der Waals surface area (Å²) in [6.07, 6.45) is 6.03. The van der Waals surface area contributed by atoms with E-state index in [9.17, 15) is 0 Å². The van der Waals surface area contributed by atoms with Crippen molar-refractivity contribution in [1.29, 1.82) is 0 Å². The van der Waals surface area contributed by atoms with Crippen LogP contribution in [0.25, 0.3) is 5.95 Å². The van der Waals surface area contributed by atoms with Crippen LogP contribution in [0, 0.1) is 5.92 Å². The quantitative estimate of drug-likeness (QED) is 0.537. The Labute approximate surface area is 117 Å². The molecule has 2 heterocycles. The summed E-state index contributed by atoms with van der Waals surface area (Å²) in [5.41, 5.74) is 2.45. The van der Waals surface area contributed by atoms with Crippen molar-refractivity contribution < 1.29 is 0 Å². The standard InChI is InChI=1S/C12H20N8/c1-4-9(8(2)3)15-10-16-11(19-13)18-12(17-10)20-6-5-14-7-20/h5-9H,4,13H2,1-3H3,(H2,15,16,17,18,19). The molecule has 0 aliphatic carbocycles. The number of hydrogen-bond acceptors (Lipinski definition) is 7. The Balaban J connectivity index is 2.31. The van der Waals surface area contributed by atoms with E-state index >= 15 is 0 Å². The third-order valence-corrected chi connectivity index (χ3v) is 3.05. The molecule has 0 radical (unpaired) electrons. The molecule has 20 heavy (non-hydrogen) atoms. The fourth-order valence-corrected chi connectivity index (χ4v) is 1.89. The van der Waals surface area contributed by atoms with Crippen molar-refractivity contribution in [3.8, 4) is 5.95 Å². The first-order valence-corrected chi connectivity index (χ1v) is 6.61. The molecule has 108 valence electrons. The zero-order valence-corrected chi connectivity index (χ0v) is 11.9. The van der Waals surface area contributed by atoms with E-state index in [0.717, 1.165) is 6.42 Å². The summed E-state index contributed by atoms with van der Waals surface area (Å²) in [5, 5.41) is 3.31. The molecule has 0 saturated carbocycles. The highest BCUT2D eigenvalue weighted by Gasteiger charge is 2.14. The van der Waals surface area contributed by atoms with Gasteiger partial charge >= 0.3 is 0 Å². The van der Waals surface area contributed by atoms with Gasteiger partial charge in [-0.1, -0.05) is 20.8 Å². The van der Waals surface area contributed by atoms with Crippen LogP contribution in [0.4, 0.5) is 11.9 Å². The summed E-state index contributed by atoms with van der Waals surface area (Å²) < 4.78 is 1.70. The Morgan fingerprint density at radius 2 is 2.00 bits per heavy atom. The van der Waals surface area contributed by atoms with Crippen LogP contribution in [-0.2, 0) is 0 Å². The van der Waals surface area contributed by atoms with Crippen molar-refractivity contribution in [2.24, 2.45) is 11.8 Å². The van der Waals surface area contributed by atoms with Crippen molar-refractivity contribution in [3.63, 3.8) is 0 Å². The number of nitrogen functional groups attached to an aromatic ring is 1. The first-order valence-electron chi connectivity index (χ1n) is 6.61. The number of anilines is 2. The van der Waals surface area contributed by atoms with Crippen molar-refractivity contribution in [1.82, 2.24) is 24.5 Å². The topological polar surface area (TPSA) is 107 Å². The minimum atomic E-state index is 0.290. The van der Waals surface area contributed by atoms with Crippen LogP contribution in [0.3, 0.4) is 0 Å². The maximum Gasteiger partial charge on any atom is 0.243 e. The van der Waals surface area contributed by atoms with Crippen LogP contribution in [0.2, 0.25) is 0 Å². The van der Waals surface area contributed by atoms with Gasteiger partial charge in [-0.3, -0.25) is 9.99 Å². The molecule has 0 spiro atoms. The lowest BCUT2D eigenvalue weighted by Gasteiger charge is -2.20. The molecule has 0 bridgehead atoms. The van der Waals surface area contributed by atoms with Crippen molar-refractivity contribution in [2.75, 3.05) is 10.7 Å². The van der Waals surface area contributed by atoms with Gasteiger partial charge in [0.2, 0.25) is 17.8 Å². The van der Waals surface area contributed by atoms with Crippen LogP contribution in [-0.4, -0.2) is 30.5 Å². The Hall–Kier alpha value is -2.22. The lowest BCUT2D eigenvalue weighted by molar-refractivity contribution is 0.507. The molecule has 0 aliphatic rings. The summed E-state index contributed by atoms with van der Waals surface area (Å²) in [4.78, 5) is 16.8. The lowest BCUT2D eigenvalue weighted by atomic mass is 10.0. The molecule has 8 nitrogen and oxygen atoms in total. The summed E-state index contributed by atoms with van der Waals surface area (Å²) >= 11 is 0. The van der Waals surface area contributed by atoms with Gasteiger partial charge in [-0.05, 0) is 12.3 Å². The Morgan fingerprint density at radius 1 is 1.25 bits per heavy atom. The van der Waals surface area contributed by atoms with Gasteiger partial charge in [0.1, 0.15) is 6.33 Å². The first kappa shape index (κ1) is 14.2. The predicted molar refractivity (Wildman–Crippen MR) is 77.3 cm³/mol. The lowest BCUT2D eigenvalue weighted by Crippen LogP contribution is -2.26. The molecule has 2 rings (SSSR count). The van der Waals surface area contributed by atoms with Gasteiger partial charge in [0, 0.05) is 18.4 Å². The first-order chi connectivity index (χ1) is 9.63. The fraction of sp³-hybridized carbons (Fsp3) is 0.500. The molecule has 1 atom stereocenters. The van der Waals surface area contributed by atoms with Gasteiger partial charge in [-0.25, -0.2) is 10.8 Å². The summed E-state index contributed by atoms with van der Waals surface area (Å²) in [7, 11) is 0. The van der Waals surface area contributed by atoms with E-state index in [1.54, 1.807) is 23.3 Å². The van der Waals surface area contributed by atoms with Crippen LogP contribution >= 0.6 is 0 Å². The summed E-state index contributed by atoms with van der Waals surface area (Å²) in [6, 6.07) is 0.290. The third kappa shape index (κ3) is 3.21. The smallest absolute Gasteiger partial charge is 0.243 e. The number of hydrogen-bond donors (Lipinski definition) is 3. The van der Waals surface area contributed by atoms with Gasteiger partial charge in [0.15, 0.2) is 0 Å². The van der Waals surface area contributed by atoms with Gasteiger partial charge in [-0.2, -0.15) is 15.0 Å². The zero-order valence-electron chi connectivity index (χ0n) is 11.9. The molecule has 2 aromatic heterocycles. The predicted octanol–water partition coefficient (Wildman–Crippen LogP) is 1.19. The van der Waals surface area contributed by atoms with Crippen LogP contribution in [0.15, 0.2) is 18.7 Å². The van der Waals surface area contributed by atoms with Crippen LogP contribution in [0.1, 0.15) is 27.2 Å². The van der Waals surface area contributed by atoms with Gasteiger partial charge in [-0.15, -0.1) is 0 Å². The minimum absolute atomic E-state index is 0.290. The summed E-state index contributed by atoms with van der Waals surface area (Å²) in [6.45, 7) is 6.43. The van der Waals surface area contributed by atoms with E-state index in [1.165, 1.54) is 0 Å². The average molecular weight is 276 g/mol. The molecule has 1 unspecified atom stereocenters. The number of nitrogens with zero attached hydrogens (tertiary/aromatic N) is 5. The fourth-order valence-electron chi connectivity index (χ4n) is 1.89. The highest BCUT2D eigenvalue weighted by atomic mass is 15.4. The molecular formula is C12H20N8. The molecule has 2 aromatic rings. The number of nitrogens with two attached hydrogens (primary N) is 1. The van der Waals surface area contributed by atoms with E-state index < -0.39 is 0 Å². The Morgan fingerprint density at radius 3 is 2.55 bits per heavy atom. The molecule has 0 amide bonds. The van der Waals surface area contributed by atoms with E-state index in [2.05, 4.69) is 51.4 Å². The molecule has 0 aromatic carbocycles. The van der Waals surface area contributed by atoms with Gasteiger partial charge in [0.05, 0.1) is 0 Å². The SMILES string of the molecule is CCC(Nc1nc(NN)nc(-n2ccnc2)n1)C(C)C. The van der Waals surface area contributed by atoms with Gasteiger partial charge in [0.25, 0.3) is 0 Å². The van der Waals surface area contributed by atoms with E-state index in [0.29, 0.717) is 29.8 Å². The van der Waals surface area contributed by atoms with Crippen LogP contribution < -0.4 is 16.6 Å². The van der Waals surface area contributed by atoms with E-state index in [4.69, 9.17) is 5.84 Å². The molecule has 0 fully saturated rings. The second-order valence-corrected chi connectivity index (χ2v) is 4.80. The van der Waals surface area contributed by atoms with Crippen molar-refractivity contribution in [3.05, 3.63) is 18.7 Å². The Bertz CT molecular complexity index is 536. The number of hydrazine groups is 1. The Kier molecular flexibility index (Phi) is 4.46. The maximum atomic E-state index is 5.41. The number of aromatic nitrogens is 5. The maximum absolute atomic E-state index is 5.41. The molecule has 0 aliphatic heterocycles. The van der Waals surface area contributed by atoms with Crippen LogP contribution in [0.5, 0.6) is 0 Å². The molecule has 0 saturated heterocycles. The molecular weight excluding hydrogens is 256 g/mol. The second kappa shape index (κ2) is 6.29. The highest BCUT2D eigenvalue weighted by molar-refractivity contribution is 5.37. The normalized spacial score (nSPS) is 12.4. The zero-order chi connectivity index (χ0) is 14.5. The van der Waals surface area contributed by atoms with Crippen molar-refractivity contribution in [2.45, 2.75) is 33.2 Å². The second-order valence-electron chi connectivity index (χ2n) is 4.80. The number of rotatable bonds is 6. The molecule has 4 N–H and O–H groups in total. The minimum Gasteiger partial charge on any atom is -0.351 e. The average Bonchev–Trinajstić information content (AvgIpc) is 2.98. The van der Waals surface area contributed by atoms with Gasteiger partial charge < -0.3 is 5.32 Å². The number of nitrogens with one attached hydrogen (secondary N) is 2. The monoisotopic (exact) mass is 276 g/mol.